The minimum Gasteiger partial charge on any atom is -0.465 e. The molecule has 4 amide bonds. The molecule has 45 heavy (non-hydrogen) atoms. The molecule has 1 atom stereocenters. The molecule has 4 rings (SSSR count). The van der Waals surface area contributed by atoms with Crippen molar-refractivity contribution >= 4 is 41.1 Å². The highest BCUT2D eigenvalue weighted by Crippen LogP contribution is 2.27. The van der Waals surface area contributed by atoms with Gasteiger partial charge in [0, 0.05) is 24.3 Å². The molecule has 12 nitrogen and oxygen atoms in total. The first-order chi connectivity index (χ1) is 21.2. The van der Waals surface area contributed by atoms with E-state index < -0.39 is 29.4 Å². The SMILES string of the molecule is Cc1cc(Nc2nc(NCC(CCCCN3C(=O)c4ccccc4C3=O)N(C(=O)O)C(C)(C)C)c(F)cc2C(N)=O)cnc1C. The maximum absolute atomic E-state index is 15.2. The van der Waals surface area contributed by atoms with E-state index in [1.807, 2.05) is 13.8 Å². The van der Waals surface area contributed by atoms with Gasteiger partial charge in [-0.1, -0.05) is 12.1 Å². The minimum absolute atomic E-state index is 0.0128. The Hall–Kier alpha value is -5.07. The molecule has 1 aromatic carbocycles. The largest absolute Gasteiger partial charge is 0.465 e. The molecule has 0 radical (unpaired) electrons. The van der Waals surface area contributed by atoms with E-state index in [0.717, 1.165) is 17.3 Å². The standard InChI is InChI=1S/C32H38FN7O5/c1-18-14-20(16-35-19(18)2)37-27-24(26(34)41)15-25(33)28(38-27)36-17-21(40(31(44)45)32(3,4)5)10-8-9-13-39-29(42)22-11-6-7-12-23(22)30(39)43/h6-7,11-12,14-16,21H,8-10,13,17H2,1-5H3,(H2,34,41)(H,44,45)(H2,36,37,38). The number of primary amides is 1. The lowest BCUT2D eigenvalue weighted by Crippen LogP contribution is -2.53. The predicted octanol–water partition coefficient (Wildman–Crippen LogP) is 5.10. The first-order valence-corrected chi connectivity index (χ1v) is 14.6. The zero-order valence-electron chi connectivity index (χ0n) is 26.0. The Labute approximate surface area is 260 Å². The van der Waals surface area contributed by atoms with E-state index >= 15 is 4.39 Å². The maximum Gasteiger partial charge on any atom is 0.408 e. The fraction of sp³-hybridized carbons (Fsp3) is 0.375. The molecule has 0 spiro atoms. The van der Waals surface area contributed by atoms with E-state index in [1.165, 1.54) is 9.80 Å². The molecule has 1 aliphatic rings. The molecule has 1 unspecified atom stereocenters. The number of unbranched alkanes of at least 4 members (excludes halogenated alkanes) is 1. The number of carboxylic acid groups (broad SMARTS) is 1. The Bertz CT molecular complexity index is 1600. The van der Waals surface area contributed by atoms with Gasteiger partial charge in [-0.25, -0.2) is 14.2 Å². The molecule has 2 aromatic heterocycles. The number of fused-ring (bicyclic) bond motifs is 1. The molecular weight excluding hydrogens is 581 g/mol. The van der Waals surface area contributed by atoms with Crippen molar-refractivity contribution in [1.82, 2.24) is 19.8 Å². The van der Waals surface area contributed by atoms with Crippen molar-refractivity contribution in [2.24, 2.45) is 5.73 Å². The number of pyridine rings is 2. The number of nitrogens with one attached hydrogen (secondary N) is 2. The van der Waals surface area contributed by atoms with Crippen LogP contribution in [0.1, 0.15) is 82.4 Å². The first-order valence-electron chi connectivity index (χ1n) is 14.6. The molecule has 5 N–H and O–H groups in total. The van der Waals surface area contributed by atoms with E-state index in [9.17, 15) is 24.3 Å². The summed E-state index contributed by atoms with van der Waals surface area (Å²) < 4.78 is 15.2. The molecule has 0 saturated carbocycles. The molecule has 238 valence electrons. The van der Waals surface area contributed by atoms with E-state index in [4.69, 9.17) is 5.73 Å². The molecule has 13 heteroatoms. The molecule has 3 aromatic rings. The molecule has 1 aliphatic heterocycles. The van der Waals surface area contributed by atoms with E-state index in [2.05, 4.69) is 20.6 Å². The number of aryl methyl sites for hydroxylation is 2. The fourth-order valence-electron chi connectivity index (χ4n) is 5.36. The monoisotopic (exact) mass is 619 g/mol. The van der Waals surface area contributed by atoms with Crippen molar-refractivity contribution in [3.05, 3.63) is 76.4 Å². The Morgan fingerprint density at radius 1 is 1.07 bits per heavy atom. The second-order valence-electron chi connectivity index (χ2n) is 12.0. The zero-order valence-corrected chi connectivity index (χ0v) is 26.0. The highest BCUT2D eigenvalue weighted by molar-refractivity contribution is 6.21. The van der Waals surface area contributed by atoms with Crippen LogP contribution in [0.5, 0.6) is 0 Å². The second-order valence-corrected chi connectivity index (χ2v) is 12.0. The van der Waals surface area contributed by atoms with Crippen LogP contribution in [-0.4, -0.2) is 73.4 Å². The fourth-order valence-corrected chi connectivity index (χ4v) is 5.36. The van der Waals surface area contributed by atoms with Crippen molar-refractivity contribution < 1.29 is 28.7 Å². The van der Waals surface area contributed by atoms with E-state index in [-0.39, 0.29) is 42.1 Å². The number of halogens is 1. The Morgan fingerprint density at radius 2 is 1.71 bits per heavy atom. The zero-order chi connectivity index (χ0) is 33.1. The molecule has 0 fully saturated rings. The third kappa shape index (κ3) is 7.36. The summed E-state index contributed by atoms with van der Waals surface area (Å²) in [4.78, 5) is 61.0. The summed E-state index contributed by atoms with van der Waals surface area (Å²) in [5, 5.41) is 16.0. The summed E-state index contributed by atoms with van der Waals surface area (Å²) in [5.41, 5.74) is 7.51. The number of aromatic nitrogens is 2. The van der Waals surface area contributed by atoms with Crippen LogP contribution in [0.25, 0.3) is 0 Å². The topological polar surface area (TPSA) is 171 Å². The van der Waals surface area contributed by atoms with Crippen LogP contribution in [0, 0.1) is 19.7 Å². The van der Waals surface area contributed by atoms with Gasteiger partial charge in [-0.15, -0.1) is 0 Å². The number of benzene rings is 1. The molecule has 3 heterocycles. The summed E-state index contributed by atoms with van der Waals surface area (Å²) in [7, 11) is 0. The Morgan fingerprint density at radius 3 is 2.27 bits per heavy atom. The van der Waals surface area contributed by atoms with Gasteiger partial charge in [-0.05, 0) is 83.7 Å². The number of nitrogens with zero attached hydrogens (tertiary/aromatic N) is 4. The lowest BCUT2D eigenvalue weighted by molar-refractivity contribution is 0.0645. The molecule has 0 saturated heterocycles. The van der Waals surface area contributed by atoms with E-state index in [1.54, 1.807) is 57.3 Å². The van der Waals surface area contributed by atoms with Gasteiger partial charge in [0.05, 0.1) is 34.6 Å². The lowest BCUT2D eigenvalue weighted by Gasteiger charge is -2.40. The van der Waals surface area contributed by atoms with Gasteiger partial charge < -0.3 is 21.5 Å². The number of nitrogens with two attached hydrogens (primary N) is 1. The molecule has 0 bridgehead atoms. The van der Waals surface area contributed by atoms with Gasteiger partial charge in [0.15, 0.2) is 11.6 Å². The number of carbonyl (C=O) groups is 4. The summed E-state index contributed by atoms with van der Waals surface area (Å²) in [6, 6.07) is 8.79. The maximum atomic E-state index is 15.2. The van der Waals surface area contributed by atoms with Gasteiger partial charge >= 0.3 is 6.09 Å². The highest BCUT2D eigenvalue weighted by Gasteiger charge is 2.36. The summed E-state index contributed by atoms with van der Waals surface area (Å²) in [6.45, 7) is 9.17. The quantitative estimate of drug-likeness (QED) is 0.159. The van der Waals surface area contributed by atoms with E-state index in [0.29, 0.717) is 36.1 Å². The number of carbonyl (C=O) groups excluding carboxylic acids is 3. The number of hydrogen-bond donors (Lipinski definition) is 4. The summed E-state index contributed by atoms with van der Waals surface area (Å²) in [6.07, 6.45) is 1.66. The van der Waals surface area contributed by atoms with Gasteiger partial charge in [0.25, 0.3) is 17.7 Å². The van der Waals surface area contributed by atoms with Gasteiger partial charge in [-0.3, -0.25) is 29.2 Å². The van der Waals surface area contributed by atoms with Crippen molar-refractivity contribution in [3.63, 3.8) is 0 Å². The van der Waals surface area contributed by atoms with Gasteiger partial charge in [-0.2, -0.15) is 0 Å². The smallest absolute Gasteiger partial charge is 0.408 e. The van der Waals surface area contributed by atoms with Crippen LogP contribution in [0.2, 0.25) is 0 Å². The second kappa shape index (κ2) is 13.3. The lowest BCUT2D eigenvalue weighted by atomic mass is 9.99. The average Bonchev–Trinajstić information content (AvgIpc) is 3.20. The van der Waals surface area contributed by atoms with Crippen molar-refractivity contribution in [1.29, 1.82) is 0 Å². The number of amides is 4. The van der Waals surface area contributed by atoms with Crippen LogP contribution in [0.3, 0.4) is 0 Å². The normalized spacial score (nSPS) is 13.4. The number of hydrogen-bond acceptors (Lipinski definition) is 8. The Kier molecular flexibility index (Phi) is 9.69. The Balaban J connectivity index is 1.51. The van der Waals surface area contributed by atoms with Crippen molar-refractivity contribution in [2.45, 2.75) is 65.5 Å². The number of rotatable bonds is 12. The molecule has 0 aliphatic carbocycles. The van der Waals surface area contributed by atoms with Gasteiger partial charge in [0.2, 0.25) is 0 Å². The summed E-state index contributed by atoms with van der Waals surface area (Å²) >= 11 is 0. The first kappa shape index (κ1) is 32.8. The van der Waals surface area contributed by atoms with Crippen LogP contribution < -0.4 is 16.4 Å². The van der Waals surface area contributed by atoms with Crippen LogP contribution in [0.15, 0.2) is 42.6 Å². The van der Waals surface area contributed by atoms with Crippen LogP contribution in [-0.2, 0) is 0 Å². The summed E-state index contributed by atoms with van der Waals surface area (Å²) in [5.74, 6) is -2.60. The number of imide groups is 1. The highest BCUT2D eigenvalue weighted by atomic mass is 19.1. The number of anilines is 3. The third-order valence-electron chi connectivity index (χ3n) is 7.69. The third-order valence-corrected chi connectivity index (χ3v) is 7.69. The minimum atomic E-state index is -1.16. The van der Waals surface area contributed by atoms with Crippen LogP contribution >= 0.6 is 0 Å². The van der Waals surface area contributed by atoms with Crippen molar-refractivity contribution in [2.75, 3.05) is 23.7 Å². The molecular formula is C32H38FN7O5. The van der Waals surface area contributed by atoms with Crippen LogP contribution in [0.4, 0.5) is 26.5 Å². The van der Waals surface area contributed by atoms with Crippen molar-refractivity contribution in [3.8, 4) is 0 Å². The average molecular weight is 620 g/mol. The van der Waals surface area contributed by atoms with Gasteiger partial charge in [0.1, 0.15) is 5.82 Å². The predicted molar refractivity (Wildman–Crippen MR) is 167 cm³/mol.